The first kappa shape index (κ1) is 20.3. The van der Waals surface area contributed by atoms with Gasteiger partial charge in [-0.25, -0.2) is 0 Å². The van der Waals surface area contributed by atoms with Crippen LogP contribution in [0.3, 0.4) is 0 Å². The summed E-state index contributed by atoms with van der Waals surface area (Å²) in [6.45, 7) is 2.59. The molecular weight excluding hydrogens is 296 g/mol. The number of nitrogens with two attached hydrogens (primary N) is 1. The molecule has 1 amide bonds. The average molecular weight is 329 g/mol. The number of hydrogen-bond donors (Lipinski definition) is 2. The number of unbranched alkanes of at least 4 members (excludes halogenated alkanes) is 8. The quantitative estimate of drug-likeness (QED) is 0.450. The minimum Gasteiger partial charge on any atom is -0.326 e. The van der Waals surface area contributed by atoms with E-state index in [1.165, 1.54) is 44.9 Å². The molecule has 24 heavy (non-hydrogen) atoms. The van der Waals surface area contributed by atoms with Crippen LogP contribution in [0.4, 0.5) is 5.69 Å². The Kier molecular flexibility index (Phi) is 11.5. The molecule has 0 radical (unpaired) electrons. The molecule has 0 heterocycles. The van der Waals surface area contributed by atoms with Crippen molar-refractivity contribution in [1.29, 1.82) is 0 Å². The Bertz CT molecular complexity index is 528. The van der Waals surface area contributed by atoms with Crippen LogP contribution < -0.4 is 11.1 Å². The van der Waals surface area contributed by atoms with Crippen molar-refractivity contribution in [3.8, 4) is 11.8 Å². The summed E-state index contributed by atoms with van der Waals surface area (Å²) in [4.78, 5) is 12.0. The molecule has 0 spiro atoms. The third-order valence-corrected chi connectivity index (χ3v) is 3.99. The summed E-state index contributed by atoms with van der Waals surface area (Å²) < 4.78 is 0. The van der Waals surface area contributed by atoms with Crippen molar-refractivity contribution in [1.82, 2.24) is 0 Å². The summed E-state index contributed by atoms with van der Waals surface area (Å²) >= 11 is 0. The highest BCUT2D eigenvalue weighted by atomic mass is 16.1. The number of carbonyl (C=O) groups excluding carboxylic acids is 1. The smallest absolute Gasteiger partial charge is 0.224 e. The molecule has 3 nitrogen and oxygen atoms in total. The van der Waals surface area contributed by atoms with Crippen molar-refractivity contribution >= 4 is 11.6 Å². The van der Waals surface area contributed by atoms with Crippen LogP contribution in [0, 0.1) is 11.8 Å². The van der Waals surface area contributed by atoms with E-state index >= 15 is 0 Å². The maximum atomic E-state index is 12.0. The predicted molar refractivity (Wildman–Crippen MR) is 103 cm³/mol. The second-order valence-electron chi connectivity index (χ2n) is 6.21. The molecule has 0 atom stereocenters. The normalized spacial score (nSPS) is 10.1. The molecule has 132 valence electrons. The van der Waals surface area contributed by atoms with Crippen molar-refractivity contribution in [3.05, 3.63) is 29.8 Å². The number of carbonyl (C=O) groups is 1. The largest absolute Gasteiger partial charge is 0.326 e. The lowest BCUT2D eigenvalue weighted by atomic mass is 10.1. The Labute approximate surface area is 147 Å². The Hall–Kier alpha value is -1.79. The van der Waals surface area contributed by atoms with Crippen LogP contribution in [0.15, 0.2) is 24.3 Å². The van der Waals surface area contributed by atoms with Crippen LogP contribution >= 0.6 is 0 Å². The Balaban J connectivity index is 2.14. The van der Waals surface area contributed by atoms with Gasteiger partial charge in [-0.3, -0.25) is 4.79 Å². The molecule has 0 bridgehead atoms. The zero-order valence-corrected chi connectivity index (χ0v) is 15.1. The second-order valence-corrected chi connectivity index (χ2v) is 6.21. The van der Waals surface area contributed by atoms with Gasteiger partial charge in [0.2, 0.25) is 5.91 Å². The zero-order chi connectivity index (χ0) is 17.5. The predicted octanol–water partition coefficient (Wildman–Crippen LogP) is 4.86. The summed E-state index contributed by atoms with van der Waals surface area (Å²) in [5, 5.41) is 2.95. The molecule has 1 aromatic rings. The highest BCUT2D eigenvalue weighted by Crippen LogP contribution is 2.13. The lowest BCUT2D eigenvalue weighted by Crippen LogP contribution is -2.11. The zero-order valence-electron chi connectivity index (χ0n) is 15.1. The number of amides is 1. The number of rotatable bonds is 11. The van der Waals surface area contributed by atoms with E-state index in [4.69, 9.17) is 5.73 Å². The van der Waals surface area contributed by atoms with Crippen LogP contribution in [0.2, 0.25) is 0 Å². The molecule has 0 aromatic heterocycles. The summed E-state index contributed by atoms with van der Waals surface area (Å²) in [7, 11) is 0. The van der Waals surface area contributed by atoms with Gasteiger partial charge in [0.1, 0.15) is 0 Å². The summed E-state index contributed by atoms with van der Waals surface area (Å²) in [6, 6.07) is 7.59. The molecule has 3 heteroatoms. The van der Waals surface area contributed by atoms with E-state index in [1.54, 1.807) is 0 Å². The first-order chi connectivity index (χ1) is 11.8. The van der Waals surface area contributed by atoms with E-state index in [9.17, 15) is 4.79 Å². The molecule has 1 aromatic carbocycles. The van der Waals surface area contributed by atoms with Gasteiger partial charge in [0.25, 0.3) is 0 Å². The first-order valence-electron chi connectivity index (χ1n) is 9.35. The number of anilines is 1. The highest BCUT2D eigenvalue weighted by Gasteiger charge is 2.02. The van der Waals surface area contributed by atoms with E-state index in [0.717, 1.165) is 24.1 Å². The van der Waals surface area contributed by atoms with Crippen LogP contribution in [0.5, 0.6) is 0 Å². The molecule has 0 saturated carbocycles. The monoisotopic (exact) mass is 328 g/mol. The average Bonchev–Trinajstić information content (AvgIpc) is 2.59. The van der Waals surface area contributed by atoms with Gasteiger partial charge in [-0.05, 0) is 24.6 Å². The van der Waals surface area contributed by atoms with Crippen LogP contribution in [-0.4, -0.2) is 12.5 Å². The summed E-state index contributed by atoms with van der Waals surface area (Å²) in [6.07, 6.45) is 12.0. The number of nitrogens with one attached hydrogen (secondary N) is 1. The van der Waals surface area contributed by atoms with Crippen LogP contribution in [-0.2, 0) is 4.79 Å². The van der Waals surface area contributed by atoms with E-state index in [2.05, 4.69) is 24.1 Å². The van der Waals surface area contributed by atoms with Gasteiger partial charge >= 0.3 is 0 Å². The maximum absolute atomic E-state index is 12.0. The van der Waals surface area contributed by atoms with Crippen molar-refractivity contribution in [2.75, 3.05) is 11.9 Å². The van der Waals surface area contributed by atoms with Gasteiger partial charge in [0, 0.05) is 17.7 Å². The van der Waals surface area contributed by atoms with Crippen molar-refractivity contribution < 1.29 is 4.79 Å². The molecule has 0 saturated heterocycles. The first-order valence-corrected chi connectivity index (χ1v) is 9.35. The van der Waals surface area contributed by atoms with Crippen LogP contribution in [0.1, 0.15) is 76.7 Å². The van der Waals surface area contributed by atoms with Crippen molar-refractivity contribution in [3.63, 3.8) is 0 Å². The topological polar surface area (TPSA) is 55.1 Å². The third-order valence-electron chi connectivity index (χ3n) is 3.99. The van der Waals surface area contributed by atoms with E-state index < -0.39 is 0 Å². The lowest BCUT2D eigenvalue weighted by Gasteiger charge is -2.06. The van der Waals surface area contributed by atoms with E-state index in [0.29, 0.717) is 13.0 Å². The molecular formula is C21H32N2O. The van der Waals surface area contributed by atoms with Crippen LogP contribution in [0.25, 0.3) is 0 Å². The van der Waals surface area contributed by atoms with Gasteiger partial charge < -0.3 is 11.1 Å². The van der Waals surface area contributed by atoms with Gasteiger partial charge in [-0.15, -0.1) is 0 Å². The molecule has 1 rings (SSSR count). The van der Waals surface area contributed by atoms with Gasteiger partial charge in [0.15, 0.2) is 0 Å². The molecule has 3 N–H and O–H groups in total. The SMILES string of the molecule is CCCCCCCCCCCC(=O)Nc1cccc(C#CCN)c1. The summed E-state index contributed by atoms with van der Waals surface area (Å²) in [5.41, 5.74) is 7.05. The second kappa shape index (κ2) is 13.6. The van der Waals surface area contributed by atoms with E-state index in [1.807, 2.05) is 24.3 Å². The molecule has 0 aliphatic rings. The van der Waals surface area contributed by atoms with E-state index in [-0.39, 0.29) is 5.91 Å². The fourth-order valence-corrected chi connectivity index (χ4v) is 2.65. The van der Waals surface area contributed by atoms with Gasteiger partial charge in [0.05, 0.1) is 6.54 Å². The fourth-order valence-electron chi connectivity index (χ4n) is 2.65. The Morgan fingerprint density at radius 2 is 1.71 bits per heavy atom. The molecule has 0 aliphatic heterocycles. The lowest BCUT2D eigenvalue weighted by molar-refractivity contribution is -0.116. The standard InChI is InChI=1S/C21H32N2O/c1-2-3-4-5-6-7-8-9-10-16-21(24)23-20-15-11-13-19(18-20)14-12-17-22/h11,13,15,18H,2-10,16-17,22H2,1H3,(H,23,24). The van der Waals surface area contributed by atoms with Crippen molar-refractivity contribution in [2.45, 2.75) is 71.1 Å². The molecule has 0 aliphatic carbocycles. The number of hydrogen-bond acceptors (Lipinski definition) is 2. The highest BCUT2D eigenvalue weighted by molar-refractivity contribution is 5.90. The minimum atomic E-state index is 0.0851. The van der Waals surface area contributed by atoms with Gasteiger partial charge in [-0.2, -0.15) is 0 Å². The minimum absolute atomic E-state index is 0.0851. The maximum Gasteiger partial charge on any atom is 0.224 e. The fraction of sp³-hybridized carbons (Fsp3) is 0.571. The Morgan fingerprint density at radius 1 is 1.04 bits per heavy atom. The van der Waals surface area contributed by atoms with Gasteiger partial charge in [-0.1, -0.05) is 76.2 Å². The molecule has 0 fully saturated rings. The third kappa shape index (κ3) is 10.1. The van der Waals surface area contributed by atoms with Crippen molar-refractivity contribution in [2.24, 2.45) is 5.73 Å². The summed E-state index contributed by atoms with van der Waals surface area (Å²) in [5.74, 6) is 5.88. The number of benzene rings is 1. The Morgan fingerprint density at radius 3 is 2.38 bits per heavy atom. The molecule has 0 unspecified atom stereocenters.